The van der Waals surface area contributed by atoms with Gasteiger partial charge >= 0.3 is 5.97 Å². The van der Waals surface area contributed by atoms with Gasteiger partial charge in [0.15, 0.2) is 5.41 Å². The number of nitrogens with one attached hydrogen (secondary N) is 1. The molecule has 0 radical (unpaired) electrons. The van der Waals surface area contributed by atoms with E-state index in [1.165, 1.54) is 12.0 Å². The van der Waals surface area contributed by atoms with Gasteiger partial charge in [0.2, 0.25) is 5.91 Å². The van der Waals surface area contributed by atoms with E-state index < -0.39 is 31.4 Å². The summed E-state index contributed by atoms with van der Waals surface area (Å²) in [6.07, 6.45) is 4.62. The molecule has 192 valence electrons. The van der Waals surface area contributed by atoms with E-state index in [4.69, 9.17) is 15.2 Å². The van der Waals surface area contributed by atoms with Crippen LogP contribution in [-0.4, -0.2) is 52.3 Å². The largest absolute Gasteiger partial charge is 0.468 e. The number of ether oxygens (including phenoxy) is 2. The van der Waals surface area contributed by atoms with Crippen molar-refractivity contribution < 1.29 is 23.9 Å². The van der Waals surface area contributed by atoms with Crippen molar-refractivity contribution in [3.63, 3.8) is 0 Å². The van der Waals surface area contributed by atoms with Crippen LogP contribution in [0.3, 0.4) is 0 Å². The number of carbonyl (C=O) groups is 3. The molecule has 1 aliphatic heterocycles. The van der Waals surface area contributed by atoms with Crippen molar-refractivity contribution >= 4 is 37.2 Å². The summed E-state index contributed by atoms with van der Waals surface area (Å²) in [6, 6.07) is 5.58. The van der Waals surface area contributed by atoms with Gasteiger partial charge in [0.25, 0.3) is 5.91 Å². The number of fused-ring (bicyclic) bond motifs is 1. The Bertz CT molecular complexity index is 989. The van der Waals surface area contributed by atoms with Gasteiger partial charge in [-0.1, -0.05) is 25.7 Å². The molecule has 1 aromatic carbocycles. The zero-order chi connectivity index (χ0) is 25.5. The molecular weight excluding hydrogens is 462 g/mol. The van der Waals surface area contributed by atoms with E-state index in [1.807, 2.05) is 0 Å². The normalized spacial score (nSPS) is 22.8. The van der Waals surface area contributed by atoms with E-state index in [1.54, 1.807) is 25.1 Å². The second kappa shape index (κ2) is 9.67. The lowest BCUT2D eigenvalue weighted by atomic mass is 9.83. The molecule has 2 aliphatic carbocycles. The van der Waals surface area contributed by atoms with Crippen molar-refractivity contribution in [1.82, 2.24) is 0 Å². The Morgan fingerprint density at radius 2 is 1.83 bits per heavy atom. The monoisotopic (exact) mass is 501 g/mol. The van der Waals surface area contributed by atoms with E-state index in [-0.39, 0.29) is 18.6 Å². The van der Waals surface area contributed by atoms with Crippen LogP contribution in [0.25, 0.3) is 0 Å². The molecule has 2 amide bonds. The van der Waals surface area contributed by atoms with Crippen molar-refractivity contribution in [3.8, 4) is 0 Å². The zero-order valence-corrected chi connectivity index (χ0v) is 22.6. The lowest BCUT2D eigenvalue weighted by Crippen LogP contribution is -2.45. The van der Waals surface area contributed by atoms with E-state index >= 15 is 0 Å². The molecule has 1 heterocycles. The van der Waals surface area contributed by atoms with Gasteiger partial charge < -0.3 is 20.5 Å². The van der Waals surface area contributed by atoms with Crippen molar-refractivity contribution in [1.29, 1.82) is 0 Å². The number of hydrogen-bond acceptors (Lipinski definition) is 6. The fourth-order valence-electron chi connectivity index (χ4n) is 5.15. The van der Waals surface area contributed by atoms with Crippen LogP contribution < -0.4 is 16.0 Å². The Morgan fingerprint density at radius 3 is 2.37 bits per heavy atom. The highest BCUT2D eigenvalue weighted by molar-refractivity contribution is 6.76. The summed E-state index contributed by atoms with van der Waals surface area (Å²) >= 11 is 0. The van der Waals surface area contributed by atoms with E-state index in [0.717, 1.165) is 31.7 Å². The Morgan fingerprint density at radius 1 is 1.20 bits per heavy atom. The fraction of sp³-hybridized carbons (Fsp3) is 0.654. The molecule has 3 aliphatic rings. The van der Waals surface area contributed by atoms with Gasteiger partial charge in [-0.3, -0.25) is 19.3 Å². The van der Waals surface area contributed by atoms with Crippen molar-refractivity contribution in [2.75, 3.05) is 30.7 Å². The molecule has 1 aromatic rings. The predicted molar refractivity (Wildman–Crippen MR) is 138 cm³/mol. The first-order chi connectivity index (χ1) is 16.5. The highest BCUT2D eigenvalue weighted by Crippen LogP contribution is 2.50. The quantitative estimate of drug-likeness (QED) is 0.208. The third-order valence-corrected chi connectivity index (χ3v) is 9.33. The minimum absolute atomic E-state index is 0.0330. The Kier molecular flexibility index (Phi) is 7.14. The number of carbonyl (C=O) groups excluding carboxylic acids is 3. The number of nitrogens with two attached hydrogens (primary N) is 1. The minimum Gasteiger partial charge on any atom is -0.468 e. The molecule has 8 nitrogen and oxygen atoms in total. The SMILES string of the molecule is COC(=O)[C@@]1(C)C(=O)N(COCC[Si](C)(C)C)c2cc(NC(=O)[C@@H](N)C(C3CC3)C3CC3)ccc21. The second-order valence-corrected chi connectivity index (χ2v) is 17.3. The number of rotatable bonds is 11. The van der Waals surface area contributed by atoms with Gasteiger partial charge in [0, 0.05) is 25.9 Å². The zero-order valence-electron chi connectivity index (χ0n) is 21.6. The molecule has 2 atom stereocenters. The summed E-state index contributed by atoms with van der Waals surface area (Å²) in [5.41, 5.74) is 6.58. The molecule has 4 rings (SSSR count). The number of amides is 2. The lowest BCUT2D eigenvalue weighted by molar-refractivity contribution is -0.150. The maximum atomic E-state index is 13.4. The third kappa shape index (κ3) is 5.32. The average molecular weight is 502 g/mol. The van der Waals surface area contributed by atoms with Gasteiger partial charge in [-0.15, -0.1) is 0 Å². The van der Waals surface area contributed by atoms with E-state index in [2.05, 4.69) is 25.0 Å². The number of benzene rings is 1. The molecule has 2 saturated carbocycles. The topological polar surface area (TPSA) is 111 Å². The fourth-order valence-corrected chi connectivity index (χ4v) is 5.90. The molecule has 35 heavy (non-hydrogen) atoms. The summed E-state index contributed by atoms with van der Waals surface area (Å²) in [5.74, 6) is 0.145. The number of hydrogen-bond donors (Lipinski definition) is 2. The minimum atomic E-state index is -1.46. The number of methoxy groups -OCH3 is 1. The molecule has 9 heteroatoms. The third-order valence-electron chi connectivity index (χ3n) is 7.63. The van der Waals surface area contributed by atoms with E-state index in [0.29, 0.717) is 35.4 Å². The van der Waals surface area contributed by atoms with Gasteiger partial charge in [-0.25, -0.2) is 0 Å². The molecule has 0 aromatic heterocycles. The first-order valence-electron chi connectivity index (χ1n) is 12.7. The summed E-state index contributed by atoms with van der Waals surface area (Å²) in [4.78, 5) is 40.6. The highest BCUT2D eigenvalue weighted by atomic mass is 28.3. The number of esters is 1. The Labute approximate surface area is 208 Å². The molecule has 0 spiro atoms. The molecule has 0 saturated heterocycles. The van der Waals surface area contributed by atoms with Crippen molar-refractivity contribution in [2.24, 2.45) is 23.5 Å². The second-order valence-electron chi connectivity index (χ2n) is 11.7. The predicted octanol–water partition coefficient (Wildman–Crippen LogP) is 3.48. The number of anilines is 2. The van der Waals surface area contributed by atoms with Crippen LogP contribution in [0.4, 0.5) is 11.4 Å². The van der Waals surface area contributed by atoms with E-state index in [9.17, 15) is 14.4 Å². The van der Waals surface area contributed by atoms with Crippen LogP contribution in [0, 0.1) is 17.8 Å². The average Bonchev–Trinajstić information content (AvgIpc) is 3.72. The van der Waals surface area contributed by atoms with Crippen LogP contribution in [-0.2, 0) is 29.3 Å². The van der Waals surface area contributed by atoms with Crippen molar-refractivity contribution in [2.45, 2.75) is 69.7 Å². The van der Waals surface area contributed by atoms with Crippen LogP contribution in [0.2, 0.25) is 25.7 Å². The van der Waals surface area contributed by atoms with Gasteiger partial charge in [-0.2, -0.15) is 0 Å². The Hall–Kier alpha value is -2.23. The summed E-state index contributed by atoms with van der Waals surface area (Å²) < 4.78 is 10.8. The highest BCUT2D eigenvalue weighted by Gasteiger charge is 2.54. The van der Waals surface area contributed by atoms with Crippen LogP contribution >= 0.6 is 0 Å². The molecule has 0 unspecified atom stereocenters. The number of nitrogens with zero attached hydrogens (tertiary/aromatic N) is 1. The van der Waals surface area contributed by atoms with Crippen molar-refractivity contribution in [3.05, 3.63) is 23.8 Å². The van der Waals surface area contributed by atoms with Crippen LogP contribution in [0.1, 0.15) is 38.2 Å². The maximum absolute atomic E-state index is 13.4. The molecular formula is C26H39N3O5Si. The first kappa shape index (κ1) is 25.8. The van der Waals surface area contributed by atoms with Crippen LogP contribution in [0.15, 0.2) is 18.2 Å². The standard InChI is InChI=1S/C26H39N3O5Si/c1-26(25(32)33-2)19-11-10-18(28-23(30)22(27)21(16-6-7-16)17-8-9-17)14-20(19)29(24(26)31)15-34-12-13-35(3,4)5/h10-11,14,16-17,21-22H,6-9,12-13,15,27H2,1-5H3,(H,28,30)/t22-,26+/m0/s1. The smallest absolute Gasteiger partial charge is 0.325 e. The van der Waals surface area contributed by atoms with Gasteiger partial charge in [0.05, 0.1) is 18.8 Å². The maximum Gasteiger partial charge on any atom is 0.325 e. The summed E-state index contributed by atoms with van der Waals surface area (Å²) in [6.45, 7) is 8.93. The van der Waals surface area contributed by atoms with Gasteiger partial charge in [0.1, 0.15) is 6.73 Å². The molecule has 2 fully saturated rings. The van der Waals surface area contributed by atoms with Gasteiger partial charge in [-0.05, 0) is 68.5 Å². The van der Waals surface area contributed by atoms with Crippen LogP contribution in [0.5, 0.6) is 0 Å². The first-order valence-corrected chi connectivity index (χ1v) is 16.4. The lowest BCUT2D eigenvalue weighted by Gasteiger charge is -2.23. The summed E-state index contributed by atoms with van der Waals surface area (Å²) in [5, 5.41) is 2.96. The summed E-state index contributed by atoms with van der Waals surface area (Å²) in [7, 11) is -0.0141. The molecule has 0 bridgehead atoms. The molecule has 3 N–H and O–H groups in total. The Balaban J connectivity index is 1.54.